The van der Waals surface area contributed by atoms with Crippen LogP contribution in [0.2, 0.25) is 0 Å². The Morgan fingerprint density at radius 3 is 2.33 bits per heavy atom. The molecular formula is C22H16F2N2O. The first kappa shape index (κ1) is 17.0. The topological polar surface area (TPSA) is 44.9 Å². The lowest BCUT2D eigenvalue weighted by molar-refractivity contribution is 0.0947. The van der Waals surface area contributed by atoms with Crippen LogP contribution in [-0.4, -0.2) is 10.9 Å². The lowest BCUT2D eigenvalue weighted by Crippen LogP contribution is -2.23. The monoisotopic (exact) mass is 362 g/mol. The van der Waals surface area contributed by atoms with E-state index in [1.807, 2.05) is 30.3 Å². The van der Waals surface area contributed by atoms with Gasteiger partial charge in [0.25, 0.3) is 5.91 Å². The van der Waals surface area contributed by atoms with Gasteiger partial charge in [-0.1, -0.05) is 42.5 Å². The van der Waals surface area contributed by atoms with Crippen molar-refractivity contribution >= 4 is 16.8 Å². The number of fused-ring (bicyclic) bond motifs is 1. The second-order valence-corrected chi connectivity index (χ2v) is 6.24. The molecule has 1 amide bonds. The highest BCUT2D eigenvalue weighted by molar-refractivity contribution is 6.09. The Labute approximate surface area is 154 Å². The molecule has 1 aromatic heterocycles. The fraction of sp³-hybridized carbons (Fsp3) is 0.0455. The van der Waals surface area contributed by atoms with E-state index < -0.39 is 0 Å². The molecule has 5 heteroatoms. The minimum atomic E-state index is -0.364. The minimum absolute atomic E-state index is 0.261. The van der Waals surface area contributed by atoms with Crippen molar-refractivity contribution in [2.75, 3.05) is 0 Å². The van der Waals surface area contributed by atoms with Gasteiger partial charge in [0.2, 0.25) is 0 Å². The van der Waals surface area contributed by atoms with Crippen molar-refractivity contribution < 1.29 is 13.6 Å². The van der Waals surface area contributed by atoms with Gasteiger partial charge in [-0.15, -0.1) is 0 Å². The van der Waals surface area contributed by atoms with Gasteiger partial charge in [0.1, 0.15) is 17.3 Å². The van der Waals surface area contributed by atoms with E-state index in [0.29, 0.717) is 22.2 Å². The molecule has 0 saturated heterocycles. The molecule has 0 aliphatic heterocycles. The van der Waals surface area contributed by atoms with Crippen LogP contribution in [0.15, 0.2) is 72.8 Å². The van der Waals surface area contributed by atoms with Gasteiger partial charge in [-0.25, -0.2) is 8.78 Å². The summed E-state index contributed by atoms with van der Waals surface area (Å²) >= 11 is 0. The van der Waals surface area contributed by atoms with Crippen molar-refractivity contribution in [3.05, 3.63) is 95.7 Å². The summed E-state index contributed by atoms with van der Waals surface area (Å²) in [5.41, 5.74) is 3.31. The summed E-state index contributed by atoms with van der Waals surface area (Å²) in [6, 6.07) is 19.7. The Morgan fingerprint density at radius 2 is 1.59 bits per heavy atom. The molecular weight excluding hydrogens is 346 g/mol. The molecule has 1 heterocycles. The molecule has 4 aromatic rings. The number of carbonyl (C=O) groups excluding carboxylic acids is 1. The molecule has 2 N–H and O–H groups in total. The standard InChI is InChI=1S/C22H16F2N2O/c23-16-8-6-14(7-9-16)13-25-22(27)21-20(15-4-2-1-3-5-15)18-12-17(24)10-11-19(18)26-21/h1-12,26H,13H2,(H,25,27). The van der Waals surface area contributed by atoms with E-state index in [-0.39, 0.29) is 24.1 Å². The molecule has 3 nitrogen and oxygen atoms in total. The number of nitrogens with one attached hydrogen (secondary N) is 2. The fourth-order valence-corrected chi connectivity index (χ4v) is 3.11. The van der Waals surface area contributed by atoms with Crippen LogP contribution in [0.3, 0.4) is 0 Å². The van der Waals surface area contributed by atoms with Gasteiger partial charge in [-0.05, 0) is 41.5 Å². The minimum Gasteiger partial charge on any atom is -0.350 e. The van der Waals surface area contributed by atoms with Crippen molar-refractivity contribution in [1.29, 1.82) is 0 Å². The van der Waals surface area contributed by atoms with E-state index in [9.17, 15) is 13.6 Å². The molecule has 0 radical (unpaired) electrons. The average molecular weight is 362 g/mol. The van der Waals surface area contributed by atoms with E-state index in [1.165, 1.54) is 24.3 Å². The van der Waals surface area contributed by atoms with Crippen LogP contribution in [0.25, 0.3) is 22.0 Å². The average Bonchev–Trinajstić information content (AvgIpc) is 3.06. The predicted molar refractivity (Wildman–Crippen MR) is 101 cm³/mol. The van der Waals surface area contributed by atoms with Crippen molar-refractivity contribution in [2.45, 2.75) is 6.54 Å². The summed E-state index contributed by atoms with van der Waals surface area (Å²) in [6.07, 6.45) is 0. The smallest absolute Gasteiger partial charge is 0.268 e. The van der Waals surface area contributed by atoms with Crippen LogP contribution in [0.5, 0.6) is 0 Å². The van der Waals surface area contributed by atoms with Gasteiger partial charge >= 0.3 is 0 Å². The first-order valence-electron chi connectivity index (χ1n) is 8.51. The SMILES string of the molecule is O=C(NCc1ccc(F)cc1)c1[nH]c2ccc(F)cc2c1-c1ccccc1. The molecule has 4 rings (SSSR count). The number of halogens is 2. The number of rotatable bonds is 4. The molecule has 0 atom stereocenters. The highest BCUT2D eigenvalue weighted by atomic mass is 19.1. The molecule has 0 fully saturated rings. The van der Waals surface area contributed by atoms with Crippen LogP contribution in [0, 0.1) is 11.6 Å². The molecule has 0 unspecified atom stereocenters. The van der Waals surface area contributed by atoms with Crippen molar-refractivity contribution in [1.82, 2.24) is 10.3 Å². The molecule has 0 saturated carbocycles. The Bertz CT molecular complexity index is 1100. The van der Waals surface area contributed by atoms with Crippen LogP contribution >= 0.6 is 0 Å². The van der Waals surface area contributed by atoms with Crippen molar-refractivity contribution in [2.24, 2.45) is 0 Å². The second kappa shape index (κ2) is 7.03. The summed E-state index contributed by atoms with van der Waals surface area (Å²) in [5, 5.41) is 3.48. The maximum absolute atomic E-state index is 13.8. The van der Waals surface area contributed by atoms with Gasteiger partial charge in [0.15, 0.2) is 0 Å². The zero-order chi connectivity index (χ0) is 18.8. The Kier molecular flexibility index (Phi) is 4.42. The van der Waals surface area contributed by atoms with Crippen molar-refractivity contribution in [3.63, 3.8) is 0 Å². The number of aromatic amines is 1. The summed E-state index contributed by atoms with van der Waals surface area (Å²) in [6.45, 7) is 0.261. The van der Waals surface area contributed by atoms with Gasteiger partial charge < -0.3 is 10.3 Å². The zero-order valence-corrected chi connectivity index (χ0v) is 14.3. The summed E-state index contributed by atoms with van der Waals surface area (Å²) in [7, 11) is 0. The van der Waals surface area contributed by atoms with Crippen LogP contribution < -0.4 is 5.32 Å². The second-order valence-electron chi connectivity index (χ2n) is 6.24. The number of benzene rings is 3. The summed E-state index contributed by atoms with van der Waals surface area (Å²) < 4.78 is 26.8. The normalized spacial score (nSPS) is 10.9. The largest absolute Gasteiger partial charge is 0.350 e. The van der Waals surface area contributed by atoms with E-state index >= 15 is 0 Å². The maximum atomic E-state index is 13.8. The Balaban J connectivity index is 1.72. The quantitative estimate of drug-likeness (QED) is 0.525. The van der Waals surface area contributed by atoms with Gasteiger partial charge in [-0.2, -0.15) is 0 Å². The van der Waals surface area contributed by atoms with E-state index in [0.717, 1.165) is 11.1 Å². The summed E-state index contributed by atoms with van der Waals surface area (Å²) in [4.78, 5) is 15.9. The highest BCUT2D eigenvalue weighted by Crippen LogP contribution is 2.33. The molecule has 0 aliphatic carbocycles. The van der Waals surface area contributed by atoms with Gasteiger partial charge in [0.05, 0.1) is 0 Å². The van der Waals surface area contributed by atoms with Crippen molar-refractivity contribution in [3.8, 4) is 11.1 Å². The third-order valence-corrected chi connectivity index (χ3v) is 4.42. The van der Waals surface area contributed by atoms with E-state index in [4.69, 9.17) is 0 Å². The molecule has 0 aliphatic rings. The van der Waals surface area contributed by atoms with Gasteiger partial charge in [0, 0.05) is 23.0 Å². The third kappa shape index (κ3) is 3.44. The third-order valence-electron chi connectivity index (χ3n) is 4.42. The van der Waals surface area contributed by atoms with Gasteiger partial charge in [-0.3, -0.25) is 4.79 Å². The fourth-order valence-electron chi connectivity index (χ4n) is 3.11. The van der Waals surface area contributed by atoms with Crippen LogP contribution in [0.1, 0.15) is 16.1 Å². The summed E-state index contributed by atoms with van der Waals surface area (Å²) in [5.74, 6) is -0.999. The lowest BCUT2D eigenvalue weighted by Gasteiger charge is -2.07. The van der Waals surface area contributed by atoms with E-state index in [1.54, 1.807) is 18.2 Å². The first-order chi connectivity index (χ1) is 13.1. The number of aromatic nitrogens is 1. The lowest BCUT2D eigenvalue weighted by atomic mass is 10.0. The molecule has 3 aromatic carbocycles. The first-order valence-corrected chi connectivity index (χ1v) is 8.51. The Hall–Kier alpha value is -3.47. The molecule has 27 heavy (non-hydrogen) atoms. The molecule has 0 bridgehead atoms. The number of hydrogen-bond donors (Lipinski definition) is 2. The zero-order valence-electron chi connectivity index (χ0n) is 14.3. The molecule has 134 valence electrons. The number of hydrogen-bond acceptors (Lipinski definition) is 1. The van der Waals surface area contributed by atoms with E-state index in [2.05, 4.69) is 10.3 Å². The highest BCUT2D eigenvalue weighted by Gasteiger charge is 2.19. The number of amides is 1. The predicted octanol–water partition coefficient (Wildman–Crippen LogP) is 5.04. The number of carbonyl (C=O) groups is 1. The number of H-pyrrole nitrogens is 1. The van der Waals surface area contributed by atoms with Crippen LogP contribution in [-0.2, 0) is 6.54 Å². The molecule has 0 spiro atoms. The maximum Gasteiger partial charge on any atom is 0.268 e. The van der Waals surface area contributed by atoms with Crippen LogP contribution in [0.4, 0.5) is 8.78 Å². The Morgan fingerprint density at radius 1 is 0.889 bits per heavy atom.